The Morgan fingerprint density at radius 2 is 1.67 bits per heavy atom. The number of aliphatic hydroxyl groups excluding tert-OH is 1. The van der Waals surface area contributed by atoms with Crippen molar-refractivity contribution in [3.05, 3.63) is 81.4 Å². The molecule has 1 unspecified atom stereocenters. The first-order valence-corrected chi connectivity index (χ1v) is 9.11. The number of benzene rings is 2. The number of rotatable bonds is 7. The zero-order valence-corrected chi connectivity index (χ0v) is 15.7. The lowest BCUT2D eigenvalue weighted by molar-refractivity contribution is -0.384. The first kappa shape index (κ1) is 20.7. The van der Waals surface area contributed by atoms with Crippen molar-refractivity contribution in [3.8, 4) is 0 Å². The highest BCUT2D eigenvalue weighted by Gasteiger charge is 2.45. The van der Waals surface area contributed by atoms with Gasteiger partial charge in [-0.2, -0.15) is 0 Å². The normalized spacial score (nSPS) is 17.9. The largest absolute Gasteiger partial charge is 0.507 e. The van der Waals surface area contributed by atoms with Crippen molar-refractivity contribution in [2.75, 3.05) is 6.54 Å². The molecule has 9 heteroatoms. The average molecular weight is 410 g/mol. The van der Waals surface area contributed by atoms with Gasteiger partial charge in [-0.25, -0.2) is 0 Å². The summed E-state index contributed by atoms with van der Waals surface area (Å²) in [5.41, 5.74) is 0.413. The maximum absolute atomic E-state index is 12.8. The van der Waals surface area contributed by atoms with Crippen LogP contribution in [-0.2, 0) is 14.4 Å². The number of nitro groups is 1. The van der Waals surface area contributed by atoms with E-state index in [2.05, 4.69) is 0 Å². The van der Waals surface area contributed by atoms with Crippen LogP contribution < -0.4 is 0 Å². The van der Waals surface area contributed by atoms with Crippen molar-refractivity contribution in [2.45, 2.75) is 18.9 Å². The van der Waals surface area contributed by atoms with Crippen LogP contribution in [0.25, 0.3) is 5.76 Å². The maximum atomic E-state index is 12.8. The number of non-ortho nitro benzene ring substituents is 1. The molecule has 0 aromatic heterocycles. The first-order valence-electron chi connectivity index (χ1n) is 9.11. The summed E-state index contributed by atoms with van der Waals surface area (Å²) in [7, 11) is 0. The quantitative estimate of drug-likeness (QED) is 0.235. The van der Waals surface area contributed by atoms with Gasteiger partial charge < -0.3 is 15.1 Å². The second kappa shape index (κ2) is 8.56. The Hall–Kier alpha value is -4.01. The van der Waals surface area contributed by atoms with E-state index < -0.39 is 34.4 Å². The van der Waals surface area contributed by atoms with Gasteiger partial charge in [-0.15, -0.1) is 0 Å². The number of aliphatic hydroxyl groups is 1. The smallest absolute Gasteiger partial charge is 0.303 e. The molecule has 1 atom stereocenters. The second-order valence-corrected chi connectivity index (χ2v) is 6.70. The zero-order valence-electron chi connectivity index (χ0n) is 15.7. The lowest BCUT2D eigenvalue weighted by Gasteiger charge is -2.25. The molecule has 1 aliphatic heterocycles. The molecule has 1 heterocycles. The molecule has 3 rings (SSSR count). The summed E-state index contributed by atoms with van der Waals surface area (Å²) in [6.07, 6.45) is -0.0316. The van der Waals surface area contributed by atoms with Gasteiger partial charge in [0, 0.05) is 30.7 Å². The van der Waals surface area contributed by atoms with Gasteiger partial charge in [0.25, 0.3) is 17.4 Å². The number of hydrogen-bond donors (Lipinski definition) is 2. The van der Waals surface area contributed by atoms with Crippen LogP contribution in [0.3, 0.4) is 0 Å². The maximum Gasteiger partial charge on any atom is 0.303 e. The predicted molar refractivity (Wildman–Crippen MR) is 105 cm³/mol. The van der Waals surface area contributed by atoms with E-state index >= 15 is 0 Å². The van der Waals surface area contributed by atoms with E-state index in [9.17, 15) is 29.6 Å². The lowest BCUT2D eigenvalue weighted by atomic mass is 9.95. The Bertz CT molecular complexity index is 1030. The Kier molecular flexibility index (Phi) is 5.91. The van der Waals surface area contributed by atoms with Gasteiger partial charge >= 0.3 is 5.97 Å². The molecule has 0 spiro atoms. The molecule has 1 fully saturated rings. The van der Waals surface area contributed by atoms with Crippen molar-refractivity contribution in [1.29, 1.82) is 0 Å². The molecule has 30 heavy (non-hydrogen) atoms. The van der Waals surface area contributed by atoms with Gasteiger partial charge in [-0.3, -0.25) is 24.5 Å². The molecule has 2 N–H and O–H groups in total. The molecule has 2 aromatic carbocycles. The summed E-state index contributed by atoms with van der Waals surface area (Å²) in [5, 5.41) is 30.5. The Morgan fingerprint density at radius 3 is 2.23 bits per heavy atom. The minimum absolute atomic E-state index is 0.0213. The van der Waals surface area contributed by atoms with Crippen molar-refractivity contribution in [2.24, 2.45) is 0 Å². The highest BCUT2D eigenvalue weighted by molar-refractivity contribution is 6.46. The zero-order chi connectivity index (χ0) is 21.8. The van der Waals surface area contributed by atoms with Gasteiger partial charge in [0.15, 0.2) is 0 Å². The van der Waals surface area contributed by atoms with E-state index in [1.807, 2.05) is 0 Å². The van der Waals surface area contributed by atoms with Crippen LogP contribution in [0, 0.1) is 10.1 Å². The number of hydrogen-bond acceptors (Lipinski definition) is 6. The number of carbonyl (C=O) groups excluding carboxylic acids is 2. The molecule has 0 saturated carbocycles. The van der Waals surface area contributed by atoms with E-state index in [0.717, 1.165) is 0 Å². The highest BCUT2D eigenvalue weighted by atomic mass is 16.6. The summed E-state index contributed by atoms with van der Waals surface area (Å²) >= 11 is 0. The second-order valence-electron chi connectivity index (χ2n) is 6.70. The van der Waals surface area contributed by atoms with Crippen LogP contribution >= 0.6 is 0 Å². The molecule has 2 aromatic rings. The summed E-state index contributed by atoms with van der Waals surface area (Å²) in [4.78, 5) is 47.7. The van der Waals surface area contributed by atoms with Gasteiger partial charge in [-0.1, -0.05) is 30.3 Å². The van der Waals surface area contributed by atoms with Crippen LogP contribution in [0.4, 0.5) is 5.69 Å². The average Bonchev–Trinajstić information content (AvgIpc) is 2.98. The Balaban J connectivity index is 2.06. The van der Waals surface area contributed by atoms with Gasteiger partial charge in [-0.05, 0) is 24.1 Å². The molecule has 9 nitrogen and oxygen atoms in total. The minimum Gasteiger partial charge on any atom is -0.507 e. The molecule has 1 amide bonds. The Labute approximate surface area is 171 Å². The predicted octanol–water partition coefficient (Wildman–Crippen LogP) is 2.88. The third-order valence-electron chi connectivity index (χ3n) is 4.80. The molecule has 0 aliphatic carbocycles. The third-order valence-corrected chi connectivity index (χ3v) is 4.80. The van der Waals surface area contributed by atoms with Crippen molar-refractivity contribution < 1.29 is 29.5 Å². The summed E-state index contributed by atoms with van der Waals surface area (Å²) in [6.45, 7) is 0.0213. The molecular formula is C21H18N2O7. The first-order chi connectivity index (χ1) is 14.3. The summed E-state index contributed by atoms with van der Waals surface area (Å²) < 4.78 is 0. The van der Waals surface area contributed by atoms with E-state index in [1.165, 1.54) is 29.2 Å². The van der Waals surface area contributed by atoms with Crippen LogP contribution in [0.15, 0.2) is 60.2 Å². The van der Waals surface area contributed by atoms with Crippen molar-refractivity contribution >= 4 is 29.1 Å². The van der Waals surface area contributed by atoms with Crippen LogP contribution in [-0.4, -0.2) is 44.2 Å². The SMILES string of the molecule is O=C(O)CCCN1C(=O)C(=O)C(=C(O)c2ccc([N+](=O)[O-])cc2)C1c1ccccc1. The van der Waals surface area contributed by atoms with E-state index in [1.54, 1.807) is 30.3 Å². The molecule has 1 saturated heterocycles. The van der Waals surface area contributed by atoms with Gasteiger partial charge in [0.05, 0.1) is 16.5 Å². The van der Waals surface area contributed by atoms with E-state index in [0.29, 0.717) is 5.56 Å². The number of amides is 1. The molecule has 0 radical (unpaired) electrons. The minimum atomic E-state index is -1.02. The molecule has 0 bridgehead atoms. The number of carboxylic acids is 1. The summed E-state index contributed by atoms with van der Waals surface area (Å²) in [6, 6.07) is 12.7. The standard InChI is InChI=1S/C21H18N2O7/c24-16(25)7-4-12-22-18(13-5-2-1-3-6-13)17(20(27)21(22)28)19(26)14-8-10-15(11-9-14)23(29)30/h1-3,5-6,8-11,18,26H,4,7,12H2,(H,24,25). The van der Waals surface area contributed by atoms with Gasteiger partial charge in [0.1, 0.15) is 5.76 Å². The van der Waals surface area contributed by atoms with Crippen molar-refractivity contribution in [3.63, 3.8) is 0 Å². The molecule has 154 valence electrons. The molecule has 1 aliphatic rings. The fourth-order valence-electron chi connectivity index (χ4n) is 3.39. The number of aliphatic carboxylic acids is 1. The number of carboxylic acid groups (broad SMARTS) is 1. The third kappa shape index (κ3) is 4.04. The number of nitrogens with zero attached hydrogens (tertiary/aromatic N) is 2. The van der Waals surface area contributed by atoms with Crippen LogP contribution in [0.1, 0.15) is 30.0 Å². The number of likely N-dealkylation sites (tertiary alicyclic amines) is 1. The van der Waals surface area contributed by atoms with E-state index in [-0.39, 0.29) is 36.2 Å². The number of Topliss-reactive ketones (excluding diaryl/α,β-unsaturated/α-hetero) is 1. The number of carbonyl (C=O) groups is 3. The highest BCUT2D eigenvalue weighted by Crippen LogP contribution is 2.39. The fourth-order valence-corrected chi connectivity index (χ4v) is 3.39. The number of ketones is 1. The monoisotopic (exact) mass is 410 g/mol. The van der Waals surface area contributed by atoms with Gasteiger partial charge in [0.2, 0.25) is 0 Å². The lowest BCUT2D eigenvalue weighted by Crippen LogP contribution is -2.31. The van der Waals surface area contributed by atoms with Crippen molar-refractivity contribution in [1.82, 2.24) is 4.90 Å². The Morgan fingerprint density at radius 1 is 1.03 bits per heavy atom. The van der Waals surface area contributed by atoms with Crippen LogP contribution in [0.5, 0.6) is 0 Å². The number of nitro benzene ring substituents is 1. The van der Waals surface area contributed by atoms with E-state index in [4.69, 9.17) is 5.11 Å². The fraction of sp³-hybridized carbons (Fsp3) is 0.190. The molecular weight excluding hydrogens is 392 g/mol. The topological polar surface area (TPSA) is 138 Å². The van der Waals surface area contributed by atoms with Crippen LogP contribution in [0.2, 0.25) is 0 Å². The summed E-state index contributed by atoms with van der Waals surface area (Å²) in [5.74, 6) is -3.20.